The smallest absolute Gasteiger partial charge is 0.256 e. The summed E-state index contributed by atoms with van der Waals surface area (Å²) in [6.07, 6.45) is 8.18. The summed E-state index contributed by atoms with van der Waals surface area (Å²) in [6.45, 7) is -0.236. The molecule has 33 heavy (non-hydrogen) atoms. The van der Waals surface area contributed by atoms with Crippen LogP contribution in [-0.2, 0) is 9.59 Å². The summed E-state index contributed by atoms with van der Waals surface area (Å²) in [4.78, 5) is 37.1. The highest BCUT2D eigenvalue weighted by Gasteiger charge is 2.16. The Hall–Kier alpha value is -3.00. The number of hydrogen-bond acceptors (Lipinski definition) is 5. The van der Waals surface area contributed by atoms with Gasteiger partial charge in [-0.3, -0.25) is 14.4 Å². The second kappa shape index (κ2) is 12.9. The van der Waals surface area contributed by atoms with E-state index in [-0.39, 0.29) is 30.2 Å². The van der Waals surface area contributed by atoms with E-state index in [1.54, 1.807) is 36.4 Å². The molecule has 7 nitrogen and oxygen atoms in total. The first-order valence-corrected chi connectivity index (χ1v) is 12.3. The van der Waals surface area contributed by atoms with Gasteiger partial charge in [0.2, 0.25) is 5.91 Å². The topological polar surface area (TPSA) is 111 Å². The van der Waals surface area contributed by atoms with Crippen molar-refractivity contribution in [2.75, 3.05) is 17.7 Å². The molecule has 2 aromatic carbocycles. The maximum absolute atomic E-state index is 12.9. The third-order valence-corrected chi connectivity index (χ3v) is 6.51. The minimum atomic E-state index is -0.575. The zero-order chi connectivity index (χ0) is 23.5. The van der Waals surface area contributed by atoms with Gasteiger partial charge in [-0.25, -0.2) is 0 Å². The van der Waals surface area contributed by atoms with Crippen molar-refractivity contribution >= 4 is 35.2 Å². The molecule has 4 N–H and O–H groups in total. The normalized spacial score (nSPS) is 14.5. The van der Waals surface area contributed by atoms with Crippen molar-refractivity contribution in [3.63, 3.8) is 0 Å². The molecule has 0 radical (unpaired) electrons. The van der Waals surface area contributed by atoms with E-state index in [1.165, 1.54) is 31.0 Å². The van der Waals surface area contributed by atoms with Gasteiger partial charge >= 0.3 is 0 Å². The quantitative estimate of drug-likeness (QED) is 0.479. The standard InChI is InChI=1S/C25H31N3O4S/c26-23(29)16-32-20-12-8-11-19(15-20)28-25(31)21-13-6-7-14-22(21)33-17-24(30)27-18-9-4-2-1-3-5-10-18/h6-8,11-15,18H,1-5,9-10,16-17H2,(H2,26,29)(H,27,30)(H,28,31). The van der Waals surface area contributed by atoms with E-state index in [0.717, 1.165) is 30.6 Å². The number of anilines is 1. The van der Waals surface area contributed by atoms with Gasteiger partial charge in [-0.05, 0) is 37.1 Å². The fourth-order valence-electron chi connectivity index (χ4n) is 3.81. The van der Waals surface area contributed by atoms with Crippen LogP contribution >= 0.6 is 11.8 Å². The third-order valence-electron chi connectivity index (χ3n) is 5.43. The Morgan fingerprint density at radius 1 is 0.970 bits per heavy atom. The van der Waals surface area contributed by atoms with Crippen LogP contribution in [0.2, 0.25) is 0 Å². The Balaban J connectivity index is 1.57. The Morgan fingerprint density at radius 2 is 1.70 bits per heavy atom. The lowest BCUT2D eigenvalue weighted by molar-refractivity contribution is -0.120. The fraction of sp³-hybridized carbons (Fsp3) is 0.400. The first-order valence-electron chi connectivity index (χ1n) is 11.3. The van der Waals surface area contributed by atoms with Gasteiger partial charge in [0.05, 0.1) is 11.3 Å². The first-order chi connectivity index (χ1) is 16.0. The summed E-state index contributed by atoms with van der Waals surface area (Å²) in [5, 5.41) is 6.01. The summed E-state index contributed by atoms with van der Waals surface area (Å²) in [6, 6.07) is 14.2. The summed E-state index contributed by atoms with van der Waals surface area (Å²) in [5.74, 6) is -0.170. The third kappa shape index (κ3) is 8.46. The van der Waals surface area contributed by atoms with Gasteiger partial charge < -0.3 is 21.1 Å². The van der Waals surface area contributed by atoms with Gasteiger partial charge in [-0.2, -0.15) is 0 Å². The maximum atomic E-state index is 12.9. The van der Waals surface area contributed by atoms with E-state index in [2.05, 4.69) is 10.6 Å². The van der Waals surface area contributed by atoms with Gasteiger partial charge in [0, 0.05) is 22.7 Å². The molecular weight excluding hydrogens is 438 g/mol. The molecule has 1 fully saturated rings. The van der Waals surface area contributed by atoms with Crippen LogP contribution in [0.1, 0.15) is 55.3 Å². The lowest BCUT2D eigenvalue weighted by Crippen LogP contribution is -2.36. The molecule has 0 bridgehead atoms. The van der Waals surface area contributed by atoms with E-state index in [0.29, 0.717) is 17.0 Å². The number of nitrogens with two attached hydrogens (primary N) is 1. The molecule has 176 valence electrons. The highest BCUT2D eigenvalue weighted by Crippen LogP contribution is 2.25. The van der Waals surface area contributed by atoms with Gasteiger partial charge in [0.25, 0.3) is 11.8 Å². The Kier molecular flexibility index (Phi) is 9.62. The molecule has 0 aliphatic heterocycles. The minimum Gasteiger partial charge on any atom is -0.484 e. The molecule has 0 saturated heterocycles. The monoisotopic (exact) mass is 469 g/mol. The summed E-state index contributed by atoms with van der Waals surface area (Å²) in [5.41, 5.74) is 6.12. The predicted octanol–water partition coefficient (Wildman–Crippen LogP) is 4.12. The second-order valence-electron chi connectivity index (χ2n) is 8.13. The molecule has 1 saturated carbocycles. The van der Waals surface area contributed by atoms with Crippen molar-refractivity contribution in [2.24, 2.45) is 5.73 Å². The maximum Gasteiger partial charge on any atom is 0.256 e. The molecule has 0 unspecified atom stereocenters. The van der Waals surface area contributed by atoms with Crippen LogP contribution < -0.4 is 21.1 Å². The second-order valence-corrected chi connectivity index (χ2v) is 9.15. The van der Waals surface area contributed by atoms with Gasteiger partial charge in [0.1, 0.15) is 5.75 Å². The average molecular weight is 470 g/mol. The van der Waals surface area contributed by atoms with Crippen LogP contribution in [0.3, 0.4) is 0 Å². The molecule has 0 atom stereocenters. The minimum absolute atomic E-state index is 0.0000792. The fourth-order valence-corrected chi connectivity index (χ4v) is 4.67. The number of nitrogens with one attached hydrogen (secondary N) is 2. The number of rotatable bonds is 9. The van der Waals surface area contributed by atoms with Crippen molar-refractivity contribution in [1.82, 2.24) is 5.32 Å². The molecule has 0 heterocycles. The Labute approximate surface area is 198 Å². The Bertz CT molecular complexity index is 958. The van der Waals surface area contributed by atoms with E-state index in [4.69, 9.17) is 10.5 Å². The molecule has 0 aromatic heterocycles. The summed E-state index contributed by atoms with van der Waals surface area (Å²) in [7, 11) is 0. The summed E-state index contributed by atoms with van der Waals surface area (Å²) >= 11 is 1.36. The van der Waals surface area contributed by atoms with Gasteiger partial charge in [-0.15, -0.1) is 11.8 Å². The first kappa shape index (κ1) is 24.6. The van der Waals surface area contributed by atoms with Crippen LogP contribution in [-0.4, -0.2) is 36.1 Å². The van der Waals surface area contributed by atoms with Crippen LogP contribution in [0.25, 0.3) is 0 Å². The van der Waals surface area contributed by atoms with E-state index >= 15 is 0 Å². The molecule has 1 aliphatic carbocycles. The van der Waals surface area contributed by atoms with E-state index < -0.39 is 5.91 Å². The van der Waals surface area contributed by atoms with Crippen LogP contribution in [0, 0.1) is 0 Å². The number of hydrogen-bond donors (Lipinski definition) is 3. The summed E-state index contributed by atoms with van der Waals surface area (Å²) < 4.78 is 5.29. The lowest BCUT2D eigenvalue weighted by Gasteiger charge is -2.21. The molecule has 3 rings (SSSR count). The van der Waals surface area contributed by atoms with Crippen molar-refractivity contribution in [2.45, 2.75) is 55.9 Å². The molecule has 3 amide bonds. The number of primary amides is 1. The molecule has 2 aromatic rings. The number of carbonyl (C=O) groups is 3. The van der Waals surface area contributed by atoms with E-state index in [1.807, 2.05) is 12.1 Å². The van der Waals surface area contributed by atoms with Crippen molar-refractivity contribution in [3.05, 3.63) is 54.1 Å². The number of ether oxygens (including phenoxy) is 1. The predicted molar refractivity (Wildman–Crippen MR) is 131 cm³/mol. The molecular formula is C25H31N3O4S. The van der Waals surface area contributed by atoms with Crippen molar-refractivity contribution in [3.8, 4) is 5.75 Å². The largest absolute Gasteiger partial charge is 0.484 e. The number of carbonyl (C=O) groups excluding carboxylic acids is 3. The van der Waals surface area contributed by atoms with Crippen LogP contribution in [0.15, 0.2) is 53.4 Å². The van der Waals surface area contributed by atoms with Crippen LogP contribution in [0.5, 0.6) is 5.75 Å². The highest BCUT2D eigenvalue weighted by molar-refractivity contribution is 8.00. The number of thioether (sulfide) groups is 1. The van der Waals surface area contributed by atoms with Gasteiger partial charge in [0.15, 0.2) is 6.61 Å². The lowest BCUT2D eigenvalue weighted by atomic mass is 9.97. The zero-order valence-electron chi connectivity index (χ0n) is 18.7. The van der Waals surface area contributed by atoms with Crippen molar-refractivity contribution in [1.29, 1.82) is 0 Å². The van der Waals surface area contributed by atoms with Gasteiger partial charge in [-0.1, -0.05) is 50.3 Å². The Morgan fingerprint density at radius 3 is 2.45 bits per heavy atom. The van der Waals surface area contributed by atoms with Crippen molar-refractivity contribution < 1.29 is 19.1 Å². The average Bonchev–Trinajstić information content (AvgIpc) is 2.78. The molecule has 1 aliphatic rings. The number of amides is 3. The molecule has 0 spiro atoms. The van der Waals surface area contributed by atoms with Crippen LogP contribution in [0.4, 0.5) is 5.69 Å². The van der Waals surface area contributed by atoms with E-state index in [9.17, 15) is 14.4 Å². The number of benzene rings is 2. The molecule has 8 heteroatoms. The zero-order valence-corrected chi connectivity index (χ0v) is 19.5. The highest BCUT2D eigenvalue weighted by atomic mass is 32.2. The SMILES string of the molecule is NC(=O)COc1cccc(NC(=O)c2ccccc2SCC(=O)NC2CCCCCCC2)c1.